The van der Waals surface area contributed by atoms with E-state index in [0.717, 1.165) is 23.8 Å². The molecule has 1 atom stereocenters. The zero-order valence-electron chi connectivity index (χ0n) is 9.95. The summed E-state index contributed by atoms with van der Waals surface area (Å²) in [6, 6.07) is 0. The average Bonchev–Trinajstić information content (AvgIpc) is 2.73. The van der Waals surface area contributed by atoms with Gasteiger partial charge in [0.1, 0.15) is 0 Å². The van der Waals surface area contributed by atoms with Gasteiger partial charge in [-0.1, -0.05) is 0 Å². The lowest BCUT2D eigenvalue weighted by molar-refractivity contribution is -0.137. The summed E-state index contributed by atoms with van der Waals surface area (Å²) in [6.45, 7) is 8.17. The van der Waals surface area contributed by atoms with Crippen molar-refractivity contribution in [3.8, 4) is 0 Å². The Labute approximate surface area is 100.0 Å². The number of hydrogen-bond acceptors (Lipinski definition) is 5. The first-order valence-electron chi connectivity index (χ1n) is 5.49. The van der Waals surface area contributed by atoms with Gasteiger partial charge < -0.3 is 14.8 Å². The predicted molar refractivity (Wildman–Crippen MR) is 63.5 cm³/mol. The van der Waals surface area contributed by atoms with Gasteiger partial charge in [-0.15, -0.1) is 11.3 Å². The number of thiazole rings is 1. The van der Waals surface area contributed by atoms with Crippen molar-refractivity contribution in [1.29, 1.82) is 0 Å². The normalized spacial score (nSPS) is 23.8. The fourth-order valence-corrected chi connectivity index (χ4v) is 2.33. The van der Waals surface area contributed by atoms with E-state index in [4.69, 9.17) is 9.47 Å². The zero-order chi connectivity index (χ0) is 11.6. The largest absolute Gasteiger partial charge is 0.348 e. The summed E-state index contributed by atoms with van der Waals surface area (Å²) >= 11 is 1.68. The molecule has 1 aromatic rings. The van der Waals surface area contributed by atoms with Crippen molar-refractivity contribution < 1.29 is 9.47 Å². The lowest BCUT2D eigenvalue weighted by Gasteiger charge is -2.17. The topological polar surface area (TPSA) is 43.4 Å². The minimum atomic E-state index is -0.427. The van der Waals surface area contributed by atoms with Crippen LogP contribution in [-0.2, 0) is 16.0 Å². The quantitative estimate of drug-likeness (QED) is 0.872. The Morgan fingerprint density at radius 2 is 2.44 bits per heavy atom. The average molecular weight is 242 g/mol. The molecule has 5 heteroatoms. The van der Waals surface area contributed by atoms with Crippen molar-refractivity contribution in [1.82, 2.24) is 10.3 Å². The molecule has 1 N–H and O–H groups in total. The Hall–Kier alpha value is -0.490. The van der Waals surface area contributed by atoms with E-state index >= 15 is 0 Å². The minimum Gasteiger partial charge on any atom is -0.348 e. The van der Waals surface area contributed by atoms with Gasteiger partial charge in [-0.05, 0) is 20.8 Å². The first-order valence-corrected chi connectivity index (χ1v) is 6.37. The van der Waals surface area contributed by atoms with Crippen LogP contribution in [0.15, 0.2) is 5.38 Å². The van der Waals surface area contributed by atoms with Crippen molar-refractivity contribution in [2.75, 3.05) is 13.2 Å². The van der Waals surface area contributed by atoms with E-state index in [0.29, 0.717) is 6.61 Å². The van der Waals surface area contributed by atoms with Crippen LogP contribution in [0.1, 0.15) is 24.5 Å². The summed E-state index contributed by atoms with van der Waals surface area (Å²) in [4.78, 5) is 4.39. The van der Waals surface area contributed by atoms with E-state index in [9.17, 15) is 0 Å². The van der Waals surface area contributed by atoms with Crippen LogP contribution in [0.4, 0.5) is 0 Å². The molecule has 0 bridgehead atoms. The van der Waals surface area contributed by atoms with E-state index in [1.807, 2.05) is 20.8 Å². The molecule has 0 spiro atoms. The second-order valence-corrected chi connectivity index (χ2v) is 5.50. The predicted octanol–water partition coefficient (Wildman–Crippen LogP) is 1.69. The number of nitrogens with one attached hydrogen (secondary N) is 1. The lowest BCUT2D eigenvalue weighted by atomic mass is 10.3. The monoisotopic (exact) mass is 242 g/mol. The number of aryl methyl sites for hydroxylation is 1. The Balaban J connectivity index is 1.69. The molecule has 1 fully saturated rings. The minimum absolute atomic E-state index is 0.148. The van der Waals surface area contributed by atoms with Crippen molar-refractivity contribution in [2.24, 2.45) is 0 Å². The smallest absolute Gasteiger partial charge is 0.163 e. The molecule has 1 unspecified atom stereocenters. The third-order valence-corrected chi connectivity index (χ3v) is 3.23. The number of rotatable bonds is 4. The van der Waals surface area contributed by atoms with Gasteiger partial charge in [0.05, 0.1) is 23.4 Å². The lowest BCUT2D eigenvalue weighted by Crippen LogP contribution is -2.30. The molecule has 0 amide bonds. The molecule has 90 valence electrons. The van der Waals surface area contributed by atoms with E-state index < -0.39 is 5.79 Å². The Morgan fingerprint density at radius 3 is 3.00 bits per heavy atom. The maximum absolute atomic E-state index is 5.69. The van der Waals surface area contributed by atoms with E-state index in [2.05, 4.69) is 15.7 Å². The van der Waals surface area contributed by atoms with Crippen molar-refractivity contribution in [3.63, 3.8) is 0 Å². The van der Waals surface area contributed by atoms with Crippen LogP contribution in [0, 0.1) is 6.92 Å². The maximum Gasteiger partial charge on any atom is 0.163 e. The molecule has 16 heavy (non-hydrogen) atoms. The summed E-state index contributed by atoms with van der Waals surface area (Å²) in [5.74, 6) is -0.427. The van der Waals surface area contributed by atoms with Crippen LogP contribution in [-0.4, -0.2) is 30.0 Å². The molecule has 0 aliphatic carbocycles. The molecular weight excluding hydrogens is 224 g/mol. The molecule has 1 aromatic heterocycles. The fourth-order valence-electron chi connectivity index (χ4n) is 1.71. The van der Waals surface area contributed by atoms with Crippen LogP contribution in [0.5, 0.6) is 0 Å². The summed E-state index contributed by atoms with van der Waals surface area (Å²) in [5, 5.41) is 6.53. The van der Waals surface area contributed by atoms with Gasteiger partial charge in [-0.2, -0.15) is 0 Å². The van der Waals surface area contributed by atoms with Gasteiger partial charge in [0.2, 0.25) is 0 Å². The molecular formula is C11H18N2O2S. The van der Waals surface area contributed by atoms with Crippen LogP contribution >= 0.6 is 11.3 Å². The third kappa shape index (κ3) is 3.25. The molecule has 0 aromatic carbocycles. The fraction of sp³-hybridized carbons (Fsp3) is 0.727. The van der Waals surface area contributed by atoms with Crippen molar-refractivity contribution in [3.05, 3.63) is 16.1 Å². The molecule has 0 saturated carbocycles. The summed E-state index contributed by atoms with van der Waals surface area (Å²) in [5.41, 5.74) is 1.10. The van der Waals surface area contributed by atoms with Crippen molar-refractivity contribution in [2.45, 2.75) is 39.2 Å². The van der Waals surface area contributed by atoms with E-state index in [-0.39, 0.29) is 6.10 Å². The van der Waals surface area contributed by atoms with Gasteiger partial charge in [0, 0.05) is 18.5 Å². The van der Waals surface area contributed by atoms with Crippen molar-refractivity contribution >= 4 is 11.3 Å². The maximum atomic E-state index is 5.69. The number of aromatic nitrogens is 1. The SMILES string of the molecule is Cc1nc(CNCC2COC(C)(C)O2)cs1. The molecule has 1 aliphatic rings. The Morgan fingerprint density at radius 1 is 1.62 bits per heavy atom. The summed E-state index contributed by atoms with van der Waals surface area (Å²) in [7, 11) is 0. The molecule has 1 saturated heterocycles. The van der Waals surface area contributed by atoms with Gasteiger partial charge >= 0.3 is 0 Å². The van der Waals surface area contributed by atoms with Crippen LogP contribution in [0.2, 0.25) is 0 Å². The summed E-state index contributed by atoms with van der Waals surface area (Å²) < 4.78 is 11.2. The van der Waals surface area contributed by atoms with Gasteiger partial charge in [-0.25, -0.2) is 4.98 Å². The zero-order valence-corrected chi connectivity index (χ0v) is 10.8. The number of hydrogen-bond donors (Lipinski definition) is 1. The van der Waals surface area contributed by atoms with E-state index in [1.165, 1.54) is 0 Å². The highest BCUT2D eigenvalue weighted by Gasteiger charge is 2.32. The Kier molecular flexibility index (Phi) is 3.59. The van der Waals surface area contributed by atoms with Gasteiger partial charge in [0.25, 0.3) is 0 Å². The van der Waals surface area contributed by atoms with Gasteiger partial charge in [-0.3, -0.25) is 0 Å². The first kappa shape index (κ1) is 12.0. The molecule has 4 nitrogen and oxygen atoms in total. The second-order valence-electron chi connectivity index (χ2n) is 4.44. The highest BCUT2D eigenvalue weighted by molar-refractivity contribution is 7.09. The van der Waals surface area contributed by atoms with Crippen LogP contribution < -0.4 is 5.32 Å². The molecule has 2 heterocycles. The highest BCUT2D eigenvalue weighted by Crippen LogP contribution is 2.21. The third-order valence-electron chi connectivity index (χ3n) is 2.41. The molecule has 0 radical (unpaired) electrons. The Bertz CT molecular complexity index is 352. The number of nitrogens with zero attached hydrogens (tertiary/aromatic N) is 1. The second kappa shape index (κ2) is 4.79. The van der Waals surface area contributed by atoms with Crippen LogP contribution in [0.25, 0.3) is 0 Å². The highest BCUT2D eigenvalue weighted by atomic mass is 32.1. The first-order chi connectivity index (χ1) is 7.55. The standard InChI is InChI=1S/C11H18N2O2S/c1-8-13-9(7-16-8)4-12-5-10-6-14-11(2,3)15-10/h7,10,12H,4-6H2,1-3H3. The van der Waals surface area contributed by atoms with Crippen LogP contribution in [0.3, 0.4) is 0 Å². The molecule has 2 rings (SSSR count). The van der Waals surface area contributed by atoms with Gasteiger partial charge in [0.15, 0.2) is 5.79 Å². The molecule has 1 aliphatic heterocycles. The number of ether oxygens (including phenoxy) is 2. The van der Waals surface area contributed by atoms with E-state index in [1.54, 1.807) is 11.3 Å². The summed E-state index contributed by atoms with van der Waals surface area (Å²) in [6.07, 6.45) is 0.148.